The molecule has 0 saturated carbocycles. The van der Waals surface area contributed by atoms with E-state index in [9.17, 15) is 9.59 Å². The molecule has 0 saturated heterocycles. The quantitative estimate of drug-likeness (QED) is 0.439. The lowest BCUT2D eigenvalue weighted by Gasteiger charge is -2.13. The Hall–Kier alpha value is -1.55. The monoisotopic (exact) mass is 284 g/mol. The van der Waals surface area contributed by atoms with E-state index >= 15 is 0 Å². The largest absolute Gasteiger partial charge is 0.493 e. The number of alkyl halides is 1. The van der Waals surface area contributed by atoms with Crippen LogP contribution in [-0.4, -0.2) is 30.8 Å². The van der Waals surface area contributed by atoms with Gasteiger partial charge in [-0.1, -0.05) is 6.07 Å². The number of rotatable bonds is 7. The van der Waals surface area contributed by atoms with Crippen molar-refractivity contribution in [3.05, 3.63) is 29.3 Å². The third-order valence-electron chi connectivity index (χ3n) is 2.42. The van der Waals surface area contributed by atoms with Crippen molar-refractivity contribution in [2.75, 3.05) is 19.1 Å². The number of esters is 1. The molecule has 19 heavy (non-hydrogen) atoms. The molecule has 0 unspecified atom stereocenters. The van der Waals surface area contributed by atoms with Gasteiger partial charge in [0.25, 0.3) is 0 Å². The first kappa shape index (κ1) is 15.5. The van der Waals surface area contributed by atoms with Crippen LogP contribution < -0.4 is 4.74 Å². The Kier molecular flexibility index (Phi) is 6.36. The predicted octanol–water partition coefficient (Wildman–Crippen LogP) is 3.07. The molecule has 0 amide bonds. The summed E-state index contributed by atoms with van der Waals surface area (Å²) in [6.45, 7) is 4.19. The summed E-state index contributed by atoms with van der Waals surface area (Å²) in [7, 11) is 0. The van der Waals surface area contributed by atoms with Gasteiger partial charge >= 0.3 is 5.97 Å². The van der Waals surface area contributed by atoms with Crippen molar-refractivity contribution in [1.29, 1.82) is 0 Å². The first-order valence-corrected chi connectivity index (χ1v) is 6.71. The lowest BCUT2D eigenvalue weighted by atomic mass is 10.0. The first-order valence-electron chi connectivity index (χ1n) is 6.17. The lowest BCUT2D eigenvalue weighted by Crippen LogP contribution is -2.14. The van der Waals surface area contributed by atoms with Gasteiger partial charge in [0.05, 0.1) is 24.3 Å². The molecule has 1 aromatic rings. The van der Waals surface area contributed by atoms with Crippen LogP contribution in [0, 0.1) is 0 Å². The van der Waals surface area contributed by atoms with Gasteiger partial charge in [-0.2, -0.15) is 0 Å². The van der Waals surface area contributed by atoms with Crippen LogP contribution in [0.3, 0.4) is 0 Å². The highest BCUT2D eigenvalue weighted by Crippen LogP contribution is 2.25. The Morgan fingerprint density at radius 2 is 1.95 bits per heavy atom. The molecule has 0 N–H and O–H groups in total. The summed E-state index contributed by atoms with van der Waals surface area (Å²) in [5.41, 5.74) is 0.478. The van der Waals surface area contributed by atoms with Crippen molar-refractivity contribution in [3.8, 4) is 5.75 Å². The van der Waals surface area contributed by atoms with Crippen LogP contribution in [0.4, 0.5) is 0 Å². The number of carbonyl (C=O) groups excluding carboxylic acids is 2. The standard InChI is InChI=1S/C14H17ClO4/c1-3-18-12-7-5-6-10(14(17)19-4-2)13(12)11(16)8-9-15/h5-7H,3-4,8-9H2,1-2H3. The van der Waals surface area contributed by atoms with Gasteiger partial charge in [-0.05, 0) is 26.0 Å². The molecular formula is C14H17ClO4. The summed E-state index contributed by atoms with van der Waals surface area (Å²) in [6.07, 6.45) is 0.151. The van der Waals surface area contributed by atoms with Crippen LogP contribution in [0.25, 0.3) is 0 Å². The van der Waals surface area contributed by atoms with Gasteiger partial charge in [0.1, 0.15) is 5.75 Å². The minimum atomic E-state index is -0.526. The Balaban J connectivity index is 3.24. The number of Topliss-reactive ketones (excluding diaryl/α,β-unsaturated/α-hetero) is 1. The highest BCUT2D eigenvalue weighted by atomic mass is 35.5. The Bertz CT molecular complexity index is 457. The second-order valence-corrected chi connectivity index (χ2v) is 4.07. The minimum absolute atomic E-state index is 0.151. The molecule has 0 bridgehead atoms. The molecule has 0 aliphatic heterocycles. The summed E-state index contributed by atoms with van der Waals surface area (Å²) >= 11 is 5.59. The van der Waals surface area contributed by atoms with E-state index in [0.717, 1.165) is 0 Å². The van der Waals surface area contributed by atoms with Gasteiger partial charge in [-0.25, -0.2) is 4.79 Å². The fourth-order valence-corrected chi connectivity index (χ4v) is 1.86. The van der Waals surface area contributed by atoms with E-state index < -0.39 is 5.97 Å². The van der Waals surface area contributed by atoms with Crippen molar-refractivity contribution < 1.29 is 19.1 Å². The topological polar surface area (TPSA) is 52.6 Å². The number of carbonyl (C=O) groups is 2. The van der Waals surface area contributed by atoms with Crippen molar-refractivity contribution in [2.45, 2.75) is 20.3 Å². The smallest absolute Gasteiger partial charge is 0.338 e. The highest BCUT2D eigenvalue weighted by Gasteiger charge is 2.22. The normalized spacial score (nSPS) is 10.1. The molecule has 0 atom stereocenters. The van der Waals surface area contributed by atoms with Gasteiger partial charge in [0.15, 0.2) is 5.78 Å². The zero-order chi connectivity index (χ0) is 14.3. The van der Waals surface area contributed by atoms with E-state index in [4.69, 9.17) is 21.1 Å². The van der Waals surface area contributed by atoms with Gasteiger partial charge in [-0.3, -0.25) is 4.79 Å². The van der Waals surface area contributed by atoms with E-state index in [1.54, 1.807) is 25.1 Å². The number of benzene rings is 1. The second-order valence-electron chi connectivity index (χ2n) is 3.69. The zero-order valence-corrected chi connectivity index (χ0v) is 11.8. The van der Waals surface area contributed by atoms with Crippen molar-refractivity contribution in [3.63, 3.8) is 0 Å². The van der Waals surface area contributed by atoms with E-state index in [1.165, 1.54) is 0 Å². The van der Waals surface area contributed by atoms with Gasteiger partial charge in [0.2, 0.25) is 0 Å². The third kappa shape index (κ3) is 3.96. The van der Waals surface area contributed by atoms with Crippen LogP contribution >= 0.6 is 11.6 Å². The molecule has 0 aliphatic carbocycles. The van der Waals surface area contributed by atoms with Crippen LogP contribution in [0.1, 0.15) is 41.0 Å². The average molecular weight is 285 g/mol. The highest BCUT2D eigenvalue weighted by molar-refractivity contribution is 6.20. The van der Waals surface area contributed by atoms with Crippen LogP contribution in [0.15, 0.2) is 18.2 Å². The fourth-order valence-electron chi connectivity index (χ4n) is 1.68. The summed E-state index contributed by atoms with van der Waals surface area (Å²) in [5, 5.41) is 0. The summed E-state index contributed by atoms with van der Waals surface area (Å²) < 4.78 is 10.4. The third-order valence-corrected chi connectivity index (χ3v) is 2.61. The number of ether oxygens (including phenoxy) is 2. The molecule has 4 nitrogen and oxygen atoms in total. The number of hydrogen-bond acceptors (Lipinski definition) is 4. The van der Waals surface area contributed by atoms with Crippen LogP contribution in [-0.2, 0) is 4.74 Å². The SMILES string of the molecule is CCOC(=O)c1cccc(OCC)c1C(=O)CCCl. The van der Waals surface area contributed by atoms with Gasteiger partial charge < -0.3 is 9.47 Å². The molecule has 0 radical (unpaired) electrons. The predicted molar refractivity (Wildman–Crippen MR) is 73.2 cm³/mol. The Morgan fingerprint density at radius 1 is 1.21 bits per heavy atom. The summed E-state index contributed by atoms with van der Waals surface area (Å²) in [6, 6.07) is 4.88. The van der Waals surface area contributed by atoms with E-state index in [-0.39, 0.29) is 35.8 Å². The van der Waals surface area contributed by atoms with E-state index in [1.807, 2.05) is 6.92 Å². The maximum absolute atomic E-state index is 12.1. The Labute approximate surface area is 117 Å². The number of ketones is 1. The van der Waals surface area contributed by atoms with Crippen LogP contribution in [0.2, 0.25) is 0 Å². The minimum Gasteiger partial charge on any atom is -0.493 e. The van der Waals surface area contributed by atoms with Crippen LogP contribution in [0.5, 0.6) is 5.75 Å². The van der Waals surface area contributed by atoms with Gasteiger partial charge in [-0.15, -0.1) is 11.6 Å². The molecule has 5 heteroatoms. The molecule has 0 fully saturated rings. The summed E-state index contributed by atoms with van der Waals surface area (Å²) in [5.74, 6) is -0.158. The first-order chi connectivity index (χ1) is 9.15. The average Bonchev–Trinajstić information content (AvgIpc) is 2.39. The van der Waals surface area contributed by atoms with E-state index in [0.29, 0.717) is 12.4 Å². The maximum atomic E-state index is 12.1. The number of hydrogen-bond donors (Lipinski definition) is 0. The molecule has 104 valence electrons. The Morgan fingerprint density at radius 3 is 2.53 bits per heavy atom. The molecular weight excluding hydrogens is 268 g/mol. The van der Waals surface area contributed by atoms with Crippen molar-refractivity contribution in [2.24, 2.45) is 0 Å². The summed E-state index contributed by atoms with van der Waals surface area (Å²) in [4.78, 5) is 24.0. The van der Waals surface area contributed by atoms with E-state index in [2.05, 4.69) is 0 Å². The second kappa shape index (κ2) is 7.79. The number of halogens is 1. The van der Waals surface area contributed by atoms with Gasteiger partial charge in [0, 0.05) is 12.3 Å². The molecule has 0 spiro atoms. The molecule has 1 rings (SSSR count). The lowest BCUT2D eigenvalue weighted by molar-refractivity contribution is 0.0522. The van der Waals surface area contributed by atoms with Crippen molar-refractivity contribution in [1.82, 2.24) is 0 Å². The molecule has 0 heterocycles. The maximum Gasteiger partial charge on any atom is 0.338 e. The molecule has 1 aromatic carbocycles. The molecule has 0 aliphatic rings. The molecule has 0 aromatic heterocycles. The fraction of sp³-hybridized carbons (Fsp3) is 0.429. The zero-order valence-electron chi connectivity index (χ0n) is 11.1. The van der Waals surface area contributed by atoms with Crippen molar-refractivity contribution >= 4 is 23.4 Å².